The molecule has 1 atom stereocenters. The molecule has 0 bridgehead atoms. The van der Waals surface area contributed by atoms with E-state index in [1.807, 2.05) is 13.0 Å². The average Bonchev–Trinajstić information content (AvgIpc) is 2.16. The van der Waals surface area contributed by atoms with E-state index in [1.54, 1.807) is 6.07 Å². The van der Waals surface area contributed by atoms with Gasteiger partial charge in [-0.1, -0.05) is 17.7 Å². The van der Waals surface area contributed by atoms with Crippen LogP contribution in [0.2, 0.25) is 5.02 Å². The first-order valence-electron chi connectivity index (χ1n) is 4.75. The van der Waals surface area contributed by atoms with Gasteiger partial charge in [0.05, 0.1) is 17.5 Å². The summed E-state index contributed by atoms with van der Waals surface area (Å²) in [7, 11) is 0. The van der Waals surface area contributed by atoms with Gasteiger partial charge in [0, 0.05) is 5.56 Å². The lowest BCUT2D eigenvalue weighted by atomic mass is 9.92. The van der Waals surface area contributed by atoms with E-state index in [-0.39, 0.29) is 0 Å². The molecule has 0 saturated heterocycles. The highest BCUT2D eigenvalue weighted by Gasteiger charge is 2.28. The third kappa shape index (κ3) is 1.79. The minimum atomic E-state index is -0.818. The molecule has 0 amide bonds. The molecule has 1 unspecified atom stereocenters. The monoisotopic (exact) mass is 226 g/mol. The topological polar surface area (TPSA) is 46.5 Å². The first-order chi connectivity index (χ1) is 7.09. The van der Waals surface area contributed by atoms with E-state index in [9.17, 15) is 4.79 Å². The van der Waals surface area contributed by atoms with Crippen LogP contribution in [0.3, 0.4) is 0 Å². The summed E-state index contributed by atoms with van der Waals surface area (Å²) in [4.78, 5) is 11.0. The highest BCUT2D eigenvalue weighted by Crippen LogP contribution is 2.39. The van der Waals surface area contributed by atoms with E-state index in [4.69, 9.17) is 21.4 Å². The van der Waals surface area contributed by atoms with Crippen LogP contribution in [0.25, 0.3) is 0 Å². The SMILES string of the molecule is Cc1cc(Cl)c2c(c1)C(C(=O)O)CCO2. The summed E-state index contributed by atoms with van der Waals surface area (Å²) in [6, 6.07) is 3.61. The normalized spacial score (nSPS) is 19.2. The molecule has 1 heterocycles. The quantitative estimate of drug-likeness (QED) is 0.801. The Morgan fingerprint density at radius 1 is 1.60 bits per heavy atom. The fourth-order valence-corrected chi connectivity index (χ4v) is 2.19. The average molecular weight is 227 g/mol. The van der Waals surface area contributed by atoms with E-state index in [0.717, 1.165) is 5.56 Å². The van der Waals surface area contributed by atoms with Gasteiger partial charge in [-0.05, 0) is 25.0 Å². The number of hydrogen-bond acceptors (Lipinski definition) is 2. The van der Waals surface area contributed by atoms with Crippen LogP contribution < -0.4 is 4.74 Å². The second-order valence-corrected chi connectivity index (χ2v) is 4.10. The number of fused-ring (bicyclic) bond motifs is 1. The number of halogens is 1. The summed E-state index contributed by atoms with van der Waals surface area (Å²) in [6.45, 7) is 2.30. The molecular formula is C11H11ClO3. The van der Waals surface area contributed by atoms with Crippen LogP contribution in [0.4, 0.5) is 0 Å². The molecule has 4 heteroatoms. The Kier molecular flexibility index (Phi) is 2.57. The number of aliphatic carboxylic acids is 1. The van der Waals surface area contributed by atoms with Crippen LogP contribution in [0, 0.1) is 6.92 Å². The maximum absolute atomic E-state index is 11.0. The van der Waals surface area contributed by atoms with Crippen LogP contribution in [-0.2, 0) is 4.79 Å². The number of aryl methyl sites for hydroxylation is 1. The number of carboxylic acid groups (broad SMARTS) is 1. The van der Waals surface area contributed by atoms with Crippen LogP contribution in [0.1, 0.15) is 23.5 Å². The smallest absolute Gasteiger partial charge is 0.311 e. The van der Waals surface area contributed by atoms with Crippen molar-refractivity contribution in [1.29, 1.82) is 0 Å². The Bertz CT molecular complexity index is 415. The summed E-state index contributed by atoms with van der Waals surface area (Å²) in [5.74, 6) is -0.784. The van der Waals surface area contributed by atoms with Crippen molar-refractivity contribution in [3.63, 3.8) is 0 Å². The van der Waals surface area contributed by atoms with Crippen molar-refractivity contribution < 1.29 is 14.6 Å². The standard InChI is InChI=1S/C11H11ClO3/c1-6-4-8-7(11(13)14)2-3-15-10(8)9(12)5-6/h4-5,7H,2-3H2,1H3,(H,13,14). The minimum Gasteiger partial charge on any atom is -0.492 e. The van der Waals surface area contributed by atoms with E-state index in [1.165, 1.54) is 0 Å². The predicted octanol–water partition coefficient (Wildman–Crippen LogP) is 2.60. The van der Waals surface area contributed by atoms with Gasteiger partial charge in [0.15, 0.2) is 0 Å². The van der Waals surface area contributed by atoms with Crippen LogP contribution in [-0.4, -0.2) is 17.7 Å². The van der Waals surface area contributed by atoms with Gasteiger partial charge < -0.3 is 9.84 Å². The lowest BCUT2D eigenvalue weighted by molar-refractivity contribution is -0.139. The summed E-state index contributed by atoms with van der Waals surface area (Å²) >= 11 is 6.00. The first kappa shape index (κ1) is 10.3. The van der Waals surface area contributed by atoms with Crippen LogP contribution >= 0.6 is 11.6 Å². The second kappa shape index (κ2) is 3.74. The van der Waals surface area contributed by atoms with Crippen LogP contribution in [0.15, 0.2) is 12.1 Å². The molecule has 80 valence electrons. The van der Waals surface area contributed by atoms with Crippen molar-refractivity contribution in [3.8, 4) is 5.75 Å². The van der Waals surface area contributed by atoms with Crippen LogP contribution in [0.5, 0.6) is 5.75 Å². The molecule has 0 spiro atoms. The van der Waals surface area contributed by atoms with E-state index >= 15 is 0 Å². The van der Waals surface area contributed by atoms with E-state index < -0.39 is 11.9 Å². The van der Waals surface area contributed by atoms with Gasteiger partial charge in [0.1, 0.15) is 5.75 Å². The molecule has 2 rings (SSSR count). The number of hydrogen-bond donors (Lipinski definition) is 1. The Morgan fingerprint density at radius 2 is 2.33 bits per heavy atom. The molecule has 1 aromatic rings. The van der Waals surface area contributed by atoms with Crippen molar-refractivity contribution in [2.24, 2.45) is 0 Å². The highest BCUT2D eigenvalue weighted by molar-refractivity contribution is 6.32. The largest absolute Gasteiger partial charge is 0.492 e. The van der Waals surface area contributed by atoms with Gasteiger partial charge in [-0.2, -0.15) is 0 Å². The Balaban J connectivity index is 2.55. The number of benzene rings is 1. The lowest BCUT2D eigenvalue weighted by Gasteiger charge is -2.24. The van der Waals surface area contributed by atoms with Gasteiger partial charge in [0.25, 0.3) is 0 Å². The molecule has 0 aromatic heterocycles. The Morgan fingerprint density at radius 3 is 3.00 bits per heavy atom. The summed E-state index contributed by atoms with van der Waals surface area (Å²) < 4.78 is 5.39. The van der Waals surface area contributed by atoms with E-state index in [0.29, 0.717) is 29.4 Å². The van der Waals surface area contributed by atoms with Crippen molar-refractivity contribution >= 4 is 17.6 Å². The predicted molar refractivity (Wildman–Crippen MR) is 56.7 cm³/mol. The third-order valence-electron chi connectivity index (χ3n) is 2.54. The molecule has 1 aliphatic heterocycles. The van der Waals surface area contributed by atoms with Gasteiger partial charge in [-0.3, -0.25) is 4.79 Å². The molecule has 1 aromatic carbocycles. The Hall–Kier alpha value is -1.22. The van der Waals surface area contributed by atoms with Gasteiger partial charge in [0.2, 0.25) is 0 Å². The second-order valence-electron chi connectivity index (χ2n) is 3.69. The van der Waals surface area contributed by atoms with Gasteiger partial charge in [-0.15, -0.1) is 0 Å². The molecule has 0 fully saturated rings. The number of rotatable bonds is 1. The zero-order valence-electron chi connectivity index (χ0n) is 8.29. The zero-order valence-corrected chi connectivity index (χ0v) is 9.04. The van der Waals surface area contributed by atoms with Gasteiger partial charge in [-0.25, -0.2) is 0 Å². The molecule has 0 aliphatic carbocycles. The molecule has 1 aliphatic rings. The number of ether oxygens (including phenoxy) is 1. The third-order valence-corrected chi connectivity index (χ3v) is 2.82. The van der Waals surface area contributed by atoms with Gasteiger partial charge >= 0.3 is 5.97 Å². The molecule has 15 heavy (non-hydrogen) atoms. The highest BCUT2D eigenvalue weighted by atomic mass is 35.5. The first-order valence-corrected chi connectivity index (χ1v) is 5.13. The van der Waals surface area contributed by atoms with E-state index in [2.05, 4.69) is 0 Å². The number of carboxylic acids is 1. The Labute approximate surface area is 92.6 Å². The lowest BCUT2D eigenvalue weighted by Crippen LogP contribution is -2.21. The zero-order chi connectivity index (χ0) is 11.0. The summed E-state index contributed by atoms with van der Waals surface area (Å²) in [5.41, 5.74) is 1.65. The fourth-order valence-electron chi connectivity index (χ4n) is 1.86. The molecule has 0 radical (unpaired) electrons. The molecule has 3 nitrogen and oxygen atoms in total. The van der Waals surface area contributed by atoms with Crippen molar-refractivity contribution in [2.75, 3.05) is 6.61 Å². The fraction of sp³-hybridized carbons (Fsp3) is 0.364. The molecule has 0 saturated carbocycles. The summed E-state index contributed by atoms with van der Waals surface area (Å²) in [5, 5.41) is 9.56. The van der Waals surface area contributed by atoms with Crippen molar-refractivity contribution in [1.82, 2.24) is 0 Å². The maximum atomic E-state index is 11.0. The number of carbonyl (C=O) groups is 1. The molecule has 1 N–H and O–H groups in total. The minimum absolute atomic E-state index is 0.409. The van der Waals surface area contributed by atoms with Crippen molar-refractivity contribution in [2.45, 2.75) is 19.3 Å². The summed E-state index contributed by atoms with van der Waals surface area (Å²) in [6.07, 6.45) is 0.502. The van der Waals surface area contributed by atoms with Crippen molar-refractivity contribution in [3.05, 3.63) is 28.3 Å². The maximum Gasteiger partial charge on any atom is 0.311 e. The molecular weight excluding hydrogens is 216 g/mol.